The lowest BCUT2D eigenvalue weighted by Gasteiger charge is -2.27. The van der Waals surface area contributed by atoms with E-state index in [2.05, 4.69) is 10.6 Å². The molecule has 2 N–H and O–H groups in total. The maximum atomic E-state index is 13.0. The van der Waals surface area contributed by atoms with Crippen LogP contribution in [0.25, 0.3) is 0 Å². The molecule has 0 spiro atoms. The Labute approximate surface area is 197 Å². The molecule has 1 saturated heterocycles. The number of sulfonamides is 1. The third-order valence-electron chi connectivity index (χ3n) is 6.39. The normalized spacial score (nSPS) is 20.0. The number of carbonyl (C=O) groups excluding carboxylic acids is 2. The average Bonchev–Trinajstić information content (AvgIpc) is 2.79. The minimum Gasteiger partial charge on any atom is -0.379 e. The Morgan fingerprint density at radius 3 is 2.30 bits per heavy atom. The predicted molar refractivity (Wildman–Crippen MR) is 126 cm³/mol. The van der Waals surface area contributed by atoms with Gasteiger partial charge in [0.25, 0.3) is 5.91 Å². The van der Waals surface area contributed by atoms with Crippen LogP contribution in [-0.4, -0.2) is 62.9 Å². The fourth-order valence-corrected chi connectivity index (χ4v) is 5.84. The molecule has 184 valence electrons. The molecule has 0 radical (unpaired) electrons. The van der Waals surface area contributed by atoms with Crippen LogP contribution in [0, 0.1) is 5.92 Å². The van der Waals surface area contributed by atoms with Crippen molar-refractivity contribution >= 4 is 21.8 Å². The highest BCUT2D eigenvalue weighted by atomic mass is 32.2. The van der Waals surface area contributed by atoms with Gasteiger partial charge in [0.15, 0.2) is 0 Å². The molecule has 1 heterocycles. The Hall–Kier alpha value is -1.97. The van der Waals surface area contributed by atoms with Gasteiger partial charge in [0.1, 0.15) is 6.04 Å². The van der Waals surface area contributed by atoms with Gasteiger partial charge >= 0.3 is 0 Å². The summed E-state index contributed by atoms with van der Waals surface area (Å²) in [6, 6.07) is 5.44. The van der Waals surface area contributed by atoms with E-state index in [1.54, 1.807) is 12.1 Å². The van der Waals surface area contributed by atoms with E-state index in [0.717, 1.165) is 25.7 Å². The first-order valence-electron chi connectivity index (χ1n) is 12.1. The molecule has 1 aromatic rings. The molecule has 1 atom stereocenters. The van der Waals surface area contributed by atoms with Gasteiger partial charge in [0.2, 0.25) is 15.9 Å². The van der Waals surface area contributed by atoms with E-state index in [0.29, 0.717) is 13.2 Å². The topological polar surface area (TPSA) is 105 Å². The largest absolute Gasteiger partial charge is 0.379 e. The maximum absolute atomic E-state index is 13.0. The van der Waals surface area contributed by atoms with Crippen molar-refractivity contribution in [3.8, 4) is 0 Å². The van der Waals surface area contributed by atoms with E-state index < -0.39 is 22.0 Å². The van der Waals surface area contributed by atoms with Crippen LogP contribution < -0.4 is 10.6 Å². The number of amides is 2. The highest BCUT2D eigenvalue weighted by Gasteiger charge is 2.29. The lowest BCUT2D eigenvalue weighted by atomic mass is 9.95. The zero-order valence-corrected chi connectivity index (χ0v) is 20.5. The van der Waals surface area contributed by atoms with Crippen molar-refractivity contribution in [1.82, 2.24) is 14.9 Å². The number of hydrogen-bond acceptors (Lipinski definition) is 5. The number of rotatable bonds is 7. The fourth-order valence-electron chi connectivity index (χ4n) is 4.38. The van der Waals surface area contributed by atoms with Gasteiger partial charge in [-0.15, -0.1) is 0 Å². The third-order valence-corrected chi connectivity index (χ3v) is 8.29. The van der Waals surface area contributed by atoms with Crippen LogP contribution >= 0.6 is 0 Å². The van der Waals surface area contributed by atoms with Crippen molar-refractivity contribution in [3.63, 3.8) is 0 Å². The summed E-state index contributed by atoms with van der Waals surface area (Å²) in [6.07, 6.45) is 7.78. The number of nitrogens with zero attached hydrogens (tertiary/aromatic N) is 1. The Morgan fingerprint density at radius 1 is 1.03 bits per heavy atom. The smallest absolute Gasteiger partial charge is 0.251 e. The Morgan fingerprint density at radius 2 is 1.67 bits per heavy atom. The summed E-state index contributed by atoms with van der Waals surface area (Å²) in [6.45, 7) is 5.06. The molecule has 1 aliphatic heterocycles. The summed E-state index contributed by atoms with van der Waals surface area (Å²) in [5.41, 5.74) is 0.216. The third kappa shape index (κ3) is 7.01. The van der Waals surface area contributed by atoms with Crippen molar-refractivity contribution in [1.29, 1.82) is 0 Å². The van der Waals surface area contributed by atoms with E-state index in [-0.39, 0.29) is 41.4 Å². The minimum absolute atomic E-state index is 0.0668. The highest BCUT2D eigenvalue weighted by molar-refractivity contribution is 7.89. The van der Waals surface area contributed by atoms with Gasteiger partial charge in [0.05, 0.1) is 18.1 Å². The molecule has 0 aromatic heterocycles. The van der Waals surface area contributed by atoms with Gasteiger partial charge < -0.3 is 15.4 Å². The lowest BCUT2D eigenvalue weighted by molar-refractivity contribution is -0.124. The molecule has 3 rings (SSSR count). The molecule has 1 saturated carbocycles. The van der Waals surface area contributed by atoms with Gasteiger partial charge in [0, 0.05) is 24.7 Å². The molecule has 2 amide bonds. The standard InChI is InChI=1S/C24H37N3O5S/c1-18(2)22(24(29)25-20-10-6-4-3-5-7-11-20)26-23(28)19-9-8-12-21(17-19)33(30,31)27-13-15-32-16-14-27/h8-9,12,17-18,20,22H,3-7,10-11,13-16H2,1-2H3,(H,25,29)(H,26,28)/t22-/m0/s1. The minimum atomic E-state index is -3.71. The molecule has 2 aliphatic rings. The van der Waals surface area contributed by atoms with Crippen molar-refractivity contribution in [2.24, 2.45) is 5.92 Å². The molecule has 1 aromatic carbocycles. The first-order chi connectivity index (χ1) is 15.8. The number of morpholine rings is 1. The van der Waals surface area contributed by atoms with Crippen LogP contribution in [0.15, 0.2) is 29.2 Å². The summed E-state index contributed by atoms with van der Waals surface area (Å²) in [4.78, 5) is 26.1. The van der Waals surface area contributed by atoms with Crippen LogP contribution in [-0.2, 0) is 19.6 Å². The summed E-state index contributed by atoms with van der Waals surface area (Å²) >= 11 is 0. The Bertz CT molecular complexity index is 904. The SMILES string of the molecule is CC(C)[C@H](NC(=O)c1cccc(S(=O)(=O)N2CCOCC2)c1)C(=O)NC1CCCCCCC1. The lowest BCUT2D eigenvalue weighted by Crippen LogP contribution is -2.52. The van der Waals surface area contributed by atoms with Crippen LogP contribution in [0.4, 0.5) is 0 Å². The number of nitrogens with one attached hydrogen (secondary N) is 2. The van der Waals surface area contributed by atoms with E-state index in [1.165, 1.54) is 35.7 Å². The average molecular weight is 480 g/mol. The number of hydrogen-bond donors (Lipinski definition) is 2. The molecule has 0 unspecified atom stereocenters. The van der Waals surface area contributed by atoms with Gasteiger partial charge in [-0.3, -0.25) is 9.59 Å². The number of carbonyl (C=O) groups is 2. The van der Waals surface area contributed by atoms with Crippen molar-refractivity contribution in [3.05, 3.63) is 29.8 Å². The Balaban J connectivity index is 1.68. The summed E-state index contributed by atoms with van der Waals surface area (Å²) in [5.74, 6) is -0.746. The second-order valence-corrected chi connectivity index (χ2v) is 11.2. The first-order valence-corrected chi connectivity index (χ1v) is 13.5. The fraction of sp³-hybridized carbons (Fsp3) is 0.667. The van der Waals surface area contributed by atoms with E-state index in [1.807, 2.05) is 13.8 Å². The van der Waals surface area contributed by atoms with Gasteiger partial charge in [-0.25, -0.2) is 8.42 Å². The molecule has 8 nitrogen and oxygen atoms in total. The molecular formula is C24H37N3O5S. The van der Waals surface area contributed by atoms with Crippen molar-refractivity contribution < 1.29 is 22.7 Å². The monoisotopic (exact) mass is 479 g/mol. The zero-order chi connectivity index (χ0) is 23.8. The van der Waals surface area contributed by atoms with Gasteiger partial charge in [-0.1, -0.05) is 52.0 Å². The zero-order valence-electron chi connectivity index (χ0n) is 19.7. The van der Waals surface area contributed by atoms with Crippen LogP contribution in [0.2, 0.25) is 0 Å². The molecule has 9 heteroatoms. The maximum Gasteiger partial charge on any atom is 0.251 e. The summed E-state index contributed by atoms with van der Waals surface area (Å²) < 4.78 is 32.5. The predicted octanol–water partition coefficient (Wildman–Crippen LogP) is 2.69. The highest BCUT2D eigenvalue weighted by Crippen LogP contribution is 2.20. The molecule has 1 aliphatic carbocycles. The Kier molecular flexibility index (Phi) is 9.28. The van der Waals surface area contributed by atoms with Crippen molar-refractivity contribution in [2.45, 2.75) is 75.8 Å². The molecule has 33 heavy (non-hydrogen) atoms. The summed E-state index contributed by atoms with van der Waals surface area (Å²) in [7, 11) is -3.71. The number of benzene rings is 1. The van der Waals surface area contributed by atoms with Crippen LogP contribution in [0.1, 0.15) is 69.2 Å². The second-order valence-electron chi connectivity index (χ2n) is 9.29. The van der Waals surface area contributed by atoms with E-state index in [9.17, 15) is 18.0 Å². The van der Waals surface area contributed by atoms with Gasteiger partial charge in [-0.05, 0) is 37.0 Å². The molecule has 2 fully saturated rings. The second kappa shape index (κ2) is 11.9. The summed E-state index contributed by atoms with van der Waals surface area (Å²) in [5, 5.41) is 5.96. The van der Waals surface area contributed by atoms with Crippen LogP contribution in [0.3, 0.4) is 0 Å². The van der Waals surface area contributed by atoms with Crippen molar-refractivity contribution in [2.75, 3.05) is 26.3 Å². The quantitative estimate of drug-likeness (QED) is 0.626. The first kappa shape index (κ1) is 25.6. The van der Waals surface area contributed by atoms with Gasteiger partial charge in [-0.2, -0.15) is 4.31 Å². The molecule has 0 bridgehead atoms. The van der Waals surface area contributed by atoms with Crippen LogP contribution in [0.5, 0.6) is 0 Å². The van der Waals surface area contributed by atoms with E-state index in [4.69, 9.17) is 4.74 Å². The molecular weight excluding hydrogens is 442 g/mol. The van der Waals surface area contributed by atoms with E-state index >= 15 is 0 Å². The number of ether oxygens (including phenoxy) is 1.